The summed E-state index contributed by atoms with van der Waals surface area (Å²) >= 11 is 0. The van der Waals surface area contributed by atoms with Crippen LogP contribution in [0.1, 0.15) is 25.3 Å². The first-order valence-corrected chi connectivity index (χ1v) is 5.20. The maximum absolute atomic E-state index is 13.1. The highest BCUT2D eigenvalue weighted by Crippen LogP contribution is 2.29. The lowest BCUT2D eigenvalue weighted by atomic mass is 10.1. The van der Waals surface area contributed by atoms with Crippen LogP contribution < -0.4 is 4.74 Å². The van der Waals surface area contributed by atoms with Gasteiger partial charge in [-0.25, -0.2) is 4.39 Å². The molecule has 0 spiro atoms. The van der Waals surface area contributed by atoms with E-state index >= 15 is 0 Å². The predicted octanol–water partition coefficient (Wildman–Crippen LogP) is 3.18. The van der Waals surface area contributed by atoms with Crippen molar-refractivity contribution in [2.45, 2.75) is 26.2 Å². The summed E-state index contributed by atoms with van der Waals surface area (Å²) in [5, 5.41) is 0. The molecular weight excluding hydrogens is 179 g/mol. The van der Waals surface area contributed by atoms with Gasteiger partial charge in [-0.05, 0) is 42.9 Å². The van der Waals surface area contributed by atoms with Gasteiger partial charge in [0.2, 0.25) is 0 Å². The zero-order valence-corrected chi connectivity index (χ0v) is 8.42. The molecule has 1 aliphatic rings. The Morgan fingerprint density at radius 1 is 1.36 bits per heavy atom. The second-order valence-electron chi connectivity index (χ2n) is 3.90. The molecule has 0 unspecified atom stereocenters. The molecule has 1 aromatic rings. The largest absolute Gasteiger partial charge is 0.493 e. The van der Waals surface area contributed by atoms with Gasteiger partial charge in [0.15, 0.2) is 0 Å². The van der Waals surface area contributed by atoms with Crippen molar-refractivity contribution in [1.29, 1.82) is 0 Å². The molecule has 1 fully saturated rings. The summed E-state index contributed by atoms with van der Waals surface area (Å²) in [7, 11) is 0. The Morgan fingerprint density at radius 3 is 2.79 bits per heavy atom. The first-order chi connectivity index (χ1) is 6.78. The number of aryl methyl sites for hydroxylation is 1. The number of rotatable bonds is 4. The zero-order valence-electron chi connectivity index (χ0n) is 8.42. The molecule has 0 aromatic heterocycles. The lowest BCUT2D eigenvalue weighted by Crippen LogP contribution is -1.99. The normalized spacial score (nSPS) is 15.6. The minimum atomic E-state index is -0.199. The van der Waals surface area contributed by atoms with Crippen molar-refractivity contribution in [3.63, 3.8) is 0 Å². The number of hydrogen-bond acceptors (Lipinski definition) is 1. The summed E-state index contributed by atoms with van der Waals surface area (Å²) < 4.78 is 18.6. The van der Waals surface area contributed by atoms with E-state index in [0.717, 1.165) is 18.6 Å². The first-order valence-electron chi connectivity index (χ1n) is 5.20. The Hall–Kier alpha value is -1.05. The zero-order chi connectivity index (χ0) is 9.97. The molecule has 0 N–H and O–H groups in total. The molecule has 0 atom stereocenters. The highest BCUT2D eigenvalue weighted by atomic mass is 19.1. The molecule has 14 heavy (non-hydrogen) atoms. The van der Waals surface area contributed by atoms with Gasteiger partial charge in [0.25, 0.3) is 0 Å². The molecule has 0 heterocycles. The van der Waals surface area contributed by atoms with Crippen molar-refractivity contribution in [3.8, 4) is 5.75 Å². The van der Waals surface area contributed by atoms with E-state index in [1.807, 2.05) is 13.0 Å². The second-order valence-corrected chi connectivity index (χ2v) is 3.90. The molecule has 1 nitrogen and oxygen atoms in total. The number of halogens is 1. The third kappa shape index (κ3) is 2.47. The van der Waals surface area contributed by atoms with E-state index in [2.05, 4.69) is 0 Å². The van der Waals surface area contributed by atoms with Crippen LogP contribution in [0.4, 0.5) is 4.39 Å². The van der Waals surface area contributed by atoms with Crippen molar-refractivity contribution in [2.75, 3.05) is 6.61 Å². The number of hydrogen-bond donors (Lipinski definition) is 0. The predicted molar refractivity (Wildman–Crippen MR) is 54.0 cm³/mol. The topological polar surface area (TPSA) is 9.23 Å². The Balaban J connectivity index is 2.03. The summed E-state index contributed by atoms with van der Waals surface area (Å²) in [5.74, 6) is 1.19. The molecule has 1 aliphatic carbocycles. The van der Waals surface area contributed by atoms with Crippen LogP contribution in [0.25, 0.3) is 0 Å². The van der Waals surface area contributed by atoms with Crippen LogP contribution in [-0.2, 0) is 6.42 Å². The van der Waals surface area contributed by atoms with Crippen LogP contribution in [0.2, 0.25) is 0 Å². The minimum absolute atomic E-state index is 0.199. The molecule has 0 saturated heterocycles. The van der Waals surface area contributed by atoms with Crippen LogP contribution >= 0.6 is 0 Å². The van der Waals surface area contributed by atoms with Crippen molar-refractivity contribution in [1.82, 2.24) is 0 Å². The third-order valence-electron chi connectivity index (χ3n) is 2.52. The lowest BCUT2D eigenvalue weighted by molar-refractivity contribution is 0.298. The van der Waals surface area contributed by atoms with E-state index in [0.29, 0.717) is 11.7 Å². The summed E-state index contributed by atoms with van der Waals surface area (Å²) in [5.41, 5.74) is 0.996. The lowest BCUT2D eigenvalue weighted by Gasteiger charge is -2.06. The molecule has 1 aromatic carbocycles. The van der Waals surface area contributed by atoms with E-state index in [-0.39, 0.29) is 5.82 Å². The average Bonchev–Trinajstić information content (AvgIpc) is 2.97. The van der Waals surface area contributed by atoms with E-state index < -0.39 is 0 Å². The van der Waals surface area contributed by atoms with Crippen LogP contribution in [0.3, 0.4) is 0 Å². The summed E-state index contributed by atoms with van der Waals surface area (Å²) in [6, 6.07) is 4.94. The van der Waals surface area contributed by atoms with Gasteiger partial charge in [-0.2, -0.15) is 0 Å². The van der Waals surface area contributed by atoms with Gasteiger partial charge in [-0.15, -0.1) is 0 Å². The smallest absolute Gasteiger partial charge is 0.127 e. The summed E-state index contributed by atoms with van der Waals surface area (Å²) in [6.45, 7) is 2.76. The van der Waals surface area contributed by atoms with Gasteiger partial charge in [0, 0.05) is 6.07 Å². The van der Waals surface area contributed by atoms with Crippen molar-refractivity contribution in [2.24, 2.45) is 5.92 Å². The van der Waals surface area contributed by atoms with Crippen molar-refractivity contribution >= 4 is 0 Å². The van der Waals surface area contributed by atoms with E-state index in [9.17, 15) is 4.39 Å². The van der Waals surface area contributed by atoms with Crippen LogP contribution in [0.15, 0.2) is 18.2 Å². The highest BCUT2D eigenvalue weighted by Gasteiger charge is 2.21. The van der Waals surface area contributed by atoms with E-state index in [1.165, 1.54) is 18.9 Å². The van der Waals surface area contributed by atoms with Gasteiger partial charge in [0.1, 0.15) is 11.6 Å². The molecule has 0 radical (unpaired) electrons. The molecule has 2 heteroatoms. The molecular formula is C12H15FO. The molecule has 2 rings (SSSR count). The molecule has 1 saturated carbocycles. The van der Waals surface area contributed by atoms with Crippen LogP contribution in [-0.4, -0.2) is 6.61 Å². The van der Waals surface area contributed by atoms with Crippen LogP contribution in [0, 0.1) is 11.7 Å². The standard InChI is InChI=1S/C12H15FO/c1-2-9-5-11(13)7-12(6-9)14-8-10-3-4-10/h5-7,10H,2-4,8H2,1H3. The monoisotopic (exact) mass is 194 g/mol. The van der Waals surface area contributed by atoms with E-state index in [1.54, 1.807) is 6.07 Å². The molecule has 0 bridgehead atoms. The Bertz CT molecular complexity index is 318. The minimum Gasteiger partial charge on any atom is -0.493 e. The highest BCUT2D eigenvalue weighted by molar-refractivity contribution is 5.29. The molecule has 0 aliphatic heterocycles. The van der Waals surface area contributed by atoms with Crippen molar-refractivity contribution < 1.29 is 9.13 Å². The second kappa shape index (κ2) is 3.99. The Labute approximate surface area is 83.9 Å². The third-order valence-corrected chi connectivity index (χ3v) is 2.52. The molecule has 0 amide bonds. The summed E-state index contributed by atoms with van der Waals surface area (Å²) in [6.07, 6.45) is 3.36. The number of ether oxygens (including phenoxy) is 1. The fraction of sp³-hybridized carbons (Fsp3) is 0.500. The maximum atomic E-state index is 13.1. The van der Waals surface area contributed by atoms with Crippen LogP contribution in [0.5, 0.6) is 5.75 Å². The maximum Gasteiger partial charge on any atom is 0.127 e. The Morgan fingerprint density at radius 2 is 2.14 bits per heavy atom. The van der Waals surface area contributed by atoms with Gasteiger partial charge in [-0.3, -0.25) is 0 Å². The fourth-order valence-corrected chi connectivity index (χ4v) is 1.41. The molecule has 76 valence electrons. The first kappa shape index (κ1) is 9.50. The van der Waals surface area contributed by atoms with Crippen molar-refractivity contribution in [3.05, 3.63) is 29.6 Å². The SMILES string of the molecule is CCc1cc(F)cc(OCC2CC2)c1. The van der Waals surface area contributed by atoms with Gasteiger partial charge in [-0.1, -0.05) is 6.92 Å². The fourth-order valence-electron chi connectivity index (χ4n) is 1.41. The van der Waals surface area contributed by atoms with Gasteiger partial charge < -0.3 is 4.74 Å². The quantitative estimate of drug-likeness (QED) is 0.715. The summed E-state index contributed by atoms with van der Waals surface area (Å²) in [4.78, 5) is 0. The van der Waals surface area contributed by atoms with E-state index in [4.69, 9.17) is 4.74 Å². The van der Waals surface area contributed by atoms with Gasteiger partial charge >= 0.3 is 0 Å². The average molecular weight is 194 g/mol. The van der Waals surface area contributed by atoms with Gasteiger partial charge in [0.05, 0.1) is 6.61 Å². The number of benzene rings is 1. The Kier molecular flexibility index (Phi) is 2.71.